The van der Waals surface area contributed by atoms with Gasteiger partial charge >= 0.3 is 0 Å². The smallest absolute Gasteiger partial charge is 0.295 e. The van der Waals surface area contributed by atoms with Gasteiger partial charge in [-0.15, -0.1) is 0 Å². The summed E-state index contributed by atoms with van der Waals surface area (Å²) in [6.45, 7) is 7.56. The zero-order valence-electron chi connectivity index (χ0n) is 17.0. The molecule has 0 saturated heterocycles. The molecule has 0 amide bonds. The second-order valence-electron chi connectivity index (χ2n) is 7.06. The Labute approximate surface area is 178 Å². The third-order valence-corrected chi connectivity index (χ3v) is 6.68. The number of fused-ring (bicyclic) bond motifs is 1. The van der Waals surface area contributed by atoms with Gasteiger partial charge in [0, 0.05) is 18.4 Å². The van der Waals surface area contributed by atoms with E-state index in [1.54, 1.807) is 11.5 Å². The molecular weight excluding hydrogens is 430 g/mol. The lowest BCUT2D eigenvalue weighted by Gasteiger charge is -2.21. The highest BCUT2D eigenvalue weighted by Crippen LogP contribution is 2.21. The van der Waals surface area contributed by atoms with Crippen LogP contribution in [0.15, 0.2) is 28.3 Å². The van der Waals surface area contributed by atoms with Gasteiger partial charge < -0.3 is 5.32 Å². The van der Waals surface area contributed by atoms with Crippen LogP contribution in [-0.4, -0.2) is 43.7 Å². The predicted molar refractivity (Wildman–Crippen MR) is 113 cm³/mol. The SMILES string of the molecule is CCS(=O)(=O)c1cnc(CNc2nc3cnc(Cl)nc3n(C(C)C(C)C)c2=O)nc1. The molecule has 0 aliphatic rings. The van der Waals surface area contributed by atoms with E-state index < -0.39 is 9.84 Å². The molecule has 1 unspecified atom stereocenters. The van der Waals surface area contributed by atoms with Crippen molar-refractivity contribution < 1.29 is 8.42 Å². The molecule has 30 heavy (non-hydrogen) atoms. The molecule has 3 aromatic heterocycles. The number of anilines is 1. The van der Waals surface area contributed by atoms with E-state index in [9.17, 15) is 13.2 Å². The number of hydrogen-bond donors (Lipinski definition) is 1. The maximum absolute atomic E-state index is 13.1. The Morgan fingerprint density at radius 2 is 1.77 bits per heavy atom. The number of sulfone groups is 1. The van der Waals surface area contributed by atoms with Crippen LogP contribution >= 0.6 is 11.6 Å². The normalized spacial score (nSPS) is 13.0. The Balaban J connectivity index is 1.96. The van der Waals surface area contributed by atoms with Crippen LogP contribution < -0.4 is 10.9 Å². The van der Waals surface area contributed by atoms with Crippen molar-refractivity contribution in [2.75, 3.05) is 11.1 Å². The van der Waals surface area contributed by atoms with Crippen molar-refractivity contribution in [3.63, 3.8) is 0 Å². The first-order valence-electron chi connectivity index (χ1n) is 9.36. The van der Waals surface area contributed by atoms with E-state index in [2.05, 4.69) is 30.2 Å². The summed E-state index contributed by atoms with van der Waals surface area (Å²) in [5, 5.41) is 2.97. The minimum absolute atomic E-state index is 0.0321. The Hall–Kier alpha value is -2.66. The first-order chi connectivity index (χ1) is 14.1. The zero-order valence-corrected chi connectivity index (χ0v) is 18.6. The zero-order chi connectivity index (χ0) is 22.1. The summed E-state index contributed by atoms with van der Waals surface area (Å²) in [5.41, 5.74) is 0.417. The van der Waals surface area contributed by atoms with Gasteiger partial charge in [-0.1, -0.05) is 20.8 Å². The highest BCUT2D eigenvalue weighted by atomic mass is 35.5. The van der Waals surface area contributed by atoms with Crippen molar-refractivity contribution in [2.45, 2.75) is 45.2 Å². The second-order valence-corrected chi connectivity index (χ2v) is 9.68. The molecule has 0 saturated carbocycles. The van der Waals surface area contributed by atoms with Gasteiger partial charge in [0.1, 0.15) is 16.2 Å². The summed E-state index contributed by atoms with van der Waals surface area (Å²) in [6.07, 6.45) is 3.97. The van der Waals surface area contributed by atoms with Crippen molar-refractivity contribution in [1.82, 2.24) is 29.5 Å². The number of nitrogens with zero attached hydrogens (tertiary/aromatic N) is 6. The summed E-state index contributed by atoms with van der Waals surface area (Å²) in [4.78, 5) is 33.7. The molecule has 0 aliphatic carbocycles. The molecule has 0 aromatic carbocycles. The average molecular weight is 452 g/mol. The fourth-order valence-electron chi connectivity index (χ4n) is 2.70. The maximum atomic E-state index is 13.1. The highest BCUT2D eigenvalue weighted by molar-refractivity contribution is 7.91. The molecular formula is C18H22ClN7O3S. The lowest BCUT2D eigenvalue weighted by Crippen LogP contribution is -2.30. The highest BCUT2D eigenvalue weighted by Gasteiger charge is 2.20. The molecule has 3 rings (SSSR count). The quantitative estimate of drug-likeness (QED) is 0.536. The molecule has 3 heterocycles. The lowest BCUT2D eigenvalue weighted by atomic mass is 10.1. The third-order valence-electron chi connectivity index (χ3n) is 4.81. The van der Waals surface area contributed by atoms with E-state index in [1.165, 1.54) is 18.6 Å². The monoisotopic (exact) mass is 451 g/mol. The Morgan fingerprint density at radius 3 is 2.37 bits per heavy atom. The van der Waals surface area contributed by atoms with E-state index in [0.29, 0.717) is 17.0 Å². The van der Waals surface area contributed by atoms with Gasteiger partial charge in [-0.3, -0.25) is 9.36 Å². The molecule has 1 atom stereocenters. The third kappa shape index (κ3) is 4.41. The van der Waals surface area contributed by atoms with Crippen molar-refractivity contribution in [1.29, 1.82) is 0 Å². The van der Waals surface area contributed by atoms with Crippen LogP contribution in [0.1, 0.15) is 39.6 Å². The molecule has 0 aliphatic heterocycles. The van der Waals surface area contributed by atoms with Crippen LogP contribution in [-0.2, 0) is 16.4 Å². The van der Waals surface area contributed by atoms with Crippen molar-refractivity contribution >= 4 is 38.4 Å². The summed E-state index contributed by atoms with van der Waals surface area (Å²) in [6, 6.07) is -0.163. The minimum atomic E-state index is -3.38. The lowest BCUT2D eigenvalue weighted by molar-refractivity contribution is 0.406. The van der Waals surface area contributed by atoms with Crippen molar-refractivity contribution in [3.8, 4) is 0 Å². The maximum Gasteiger partial charge on any atom is 0.295 e. The van der Waals surface area contributed by atoms with Gasteiger partial charge in [0.2, 0.25) is 5.28 Å². The summed E-state index contributed by atoms with van der Waals surface area (Å²) < 4.78 is 25.3. The number of hydrogen-bond acceptors (Lipinski definition) is 9. The van der Waals surface area contributed by atoms with Gasteiger partial charge in [-0.2, -0.15) is 4.98 Å². The molecule has 0 spiro atoms. The summed E-state index contributed by atoms with van der Waals surface area (Å²) >= 11 is 5.92. The van der Waals surface area contributed by atoms with E-state index in [0.717, 1.165) is 0 Å². The van der Waals surface area contributed by atoms with Crippen LogP contribution in [0.5, 0.6) is 0 Å². The number of rotatable bonds is 7. The standard InChI is InChI=1S/C18H22ClN7O3S/c1-5-30(28,29)12-6-20-14(21-7-12)9-22-15-17(27)26(11(4)10(2)3)16-13(24-15)8-23-18(19)25-16/h6-8,10-11H,5,9H2,1-4H3,(H,22,24). The van der Waals surface area contributed by atoms with Gasteiger partial charge in [0.05, 0.1) is 18.5 Å². The van der Waals surface area contributed by atoms with Gasteiger partial charge in [0.15, 0.2) is 21.3 Å². The molecule has 12 heteroatoms. The minimum Gasteiger partial charge on any atom is -0.358 e. The molecule has 1 N–H and O–H groups in total. The summed E-state index contributed by atoms with van der Waals surface area (Å²) in [5.74, 6) is 0.539. The van der Waals surface area contributed by atoms with Gasteiger partial charge in [0.25, 0.3) is 5.56 Å². The van der Waals surface area contributed by atoms with E-state index >= 15 is 0 Å². The summed E-state index contributed by atoms with van der Waals surface area (Å²) in [7, 11) is -3.38. The van der Waals surface area contributed by atoms with Crippen LogP contribution in [0.25, 0.3) is 11.2 Å². The van der Waals surface area contributed by atoms with E-state index in [-0.39, 0.29) is 45.8 Å². The number of aromatic nitrogens is 6. The Morgan fingerprint density at radius 1 is 1.10 bits per heavy atom. The Bertz CT molecular complexity index is 1230. The molecule has 0 fully saturated rings. The van der Waals surface area contributed by atoms with Crippen LogP contribution in [0.2, 0.25) is 5.28 Å². The van der Waals surface area contributed by atoms with Crippen LogP contribution in [0.4, 0.5) is 5.82 Å². The average Bonchev–Trinajstić information content (AvgIpc) is 2.72. The fraction of sp³-hybridized carbons (Fsp3) is 0.444. The molecule has 3 aromatic rings. The van der Waals surface area contributed by atoms with Crippen LogP contribution in [0, 0.1) is 5.92 Å². The number of nitrogens with one attached hydrogen (secondary N) is 1. The molecule has 0 radical (unpaired) electrons. The number of halogens is 1. The topological polar surface area (TPSA) is 133 Å². The predicted octanol–water partition coefficient (Wildman–Crippen LogP) is 2.25. The van der Waals surface area contributed by atoms with Crippen LogP contribution in [0.3, 0.4) is 0 Å². The van der Waals surface area contributed by atoms with Gasteiger partial charge in [-0.05, 0) is 24.4 Å². The first-order valence-corrected chi connectivity index (χ1v) is 11.4. The van der Waals surface area contributed by atoms with E-state index in [1.807, 2.05) is 20.8 Å². The first kappa shape index (κ1) is 22.0. The largest absolute Gasteiger partial charge is 0.358 e. The molecule has 10 nitrogen and oxygen atoms in total. The fourth-order valence-corrected chi connectivity index (χ4v) is 3.58. The van der Waals surface area contributed by atoms with E-state index in [4.69, 9.17) is 11.6 Å². The molecule has 160 valence electrons. The second kappa shape index (κ2) is 8.60. The van der Waals surface area contributed by atoms with Gasteiger partial charge in [-0.25, -0.2) is 28.4 Å². The Kier molecular flexibility index (Phi) is 6.32. The molecule has 0 bridgehead atoms. The van der Waals surface area contributed by atoms with Crippen molar-refractivity contribution in [3.05, 3.63) is 40.1 Å². The van der Waals surface area contributed by atoms with Crippen molar-refractivity contribution in [2.24, 2.45) is 5.92 Å².